The quantitative estimate of drug-likeness (QED) is 0.712. The summed E-state index contributed by atoms with van der Waals surface area (Å²) in [5.74, 6) is -1.58. The Kier molecular flexibility index (Phi) is 4.29. The van der Waals surface area contributed by atoms with Crippen LogP contribution in [0.15, 0.2) is 64.6 Å². The Morgan fingerprint density at radius 3 is 2.74 bits per heavy atom. The lowest BCUT2D eigenvalue weighted by Crippen LogP contribution is -2.23. The number of hydrogen-bond donors (Lipinski definition) is 1. The lowest BCUT2D eigenvalue weighted by Gasteiger charge is -2.06. The first-order valence-electron chi connectivity index (χ1n) is 8.17. The summed E-state index contributed by atoms with van der Waals surface area (Å²) in [5, 5.41) is 15.3. The summed E-state index contributed by atoms with van der Waals surface area (Å²) in [5.41, 5.74) is 2.23. The van der Waals surface area contributed by atoms with Gasteiger partial charge in [0.25, 0.3) is 5.91 Å². The predicted octanol–water partition coefficient (Wildman–Crippen LogP) is 2.43. The zero-order chi connectivity index (χ0) is 19.0. The van der Waals surface area contributed by atoms with Crippen LogP contribution >= 0.6 is 11.8 Å². The maximum absolute atomic E-state index is 12.3. The van der Waals surface area contributed by atoms with Gasteiger partial charge in [0.05, 0.1) is 16.6 Å². The number of nitrogens with zero attached hydrogens (tertiary/aromatic N) is 2. The average molecular weight is 376 g/mol. The highest BCUT2D eigenvalue weighted by atomic mass is 32.2. The van der Waals surface area contributed by atoms with Crippen LogP contribution in [0.25, 0.3) is 17.0 Å². The molecule has 1 aromatic heterocycles. The van der Waals surface area contributed by atoms with Crippen molar-refractivity contribution < 1.29 is 14.7 Å². The van der Waals surface area contributed by atoms with Gasteiger partial charge in [-0.3, -0.25) is 4.79 Å². The Morgan fingerprint density at radius 1 is 1.19 bits per heavy atom. The summed E-state index contributed by atoms with van der Waals surface area (Å²) >= 11 is 1.17. The average Bonchev–Trinajstić information content (AvgIpc) is 3.16. The maximum atomic E-state index is 12.3. The van der Waals surface area contributed by atoms with Gasteiger partial charge < -0.3 is 19.8 Å². The number of aromatic nitrogens is 1. The first-order valence-corrected chi connectivity index (χ1v) is 8.98. The SMILES string of the molecule is Cn1cc(/C=C2/SC(=Nc3ccccc3C(=O)[O-])NC2=O)c2ccccc21. The van der Waals surface area contributed by atoms with Crippen LogP contribution in [0.3, 0.4) is 0 Å². The molecule has 27 heavy (non-hydrogen) atoms. The van der Waals surface area contributed by atoms with E-state index in [0.29, 0.717) is 10.1 Å². The molecule has 1 N–H and O–H groups in total. The Bertz CT molecular complexity index is 1140. The van der Waals surface area contributed by atoms with Crippen molar-refractivity contribution in [2.45, 2.75) is 0 Å². The second-order valence-corrected chi connectivity index (χ2v) is 7.03. The van der Waals surface area contributed by atoms with Crippen LogP contribution in [-0.4, -0.2) is 21.6 Å². The number of aliphatic imine (C=N–C) groups is 1. The normalized spacial score (nSPS) is 17.0. The number of amidine groups is 1. The molecule has 134 valence electrons. The van der Waals surface area contributed by atoms with Crippen LogP contribution in [0.4, 0.5) is 5.69 Å². The number of thioether (sulfide) groups is 1. The summed E-state index contributed by atoms with van der Waals surface area (Å²) < 4.78 is 2.00. The first kappa shape index (κ1) is 17.1. The van der Waals surface area contributed by atoms with Crippen molar-refractivity contribution in [3.8, 4) is 0 Å². The molecule has 0 aliphatic carbocycles. The molecule has 0 bridgehead atoms. The number of nitrogens with one attached hydrogen (secondary N) is 1. The fourth-order valence-corrected chi connectivity index (χ4v) is 3.79. The van der Waals surface area contributed by atoms with E-state index in [2.05, 4.69) is 10.3 Å². The summed E-state index contributed by atoms with van der Waals surface area (Å²) in [6.07, 6.45) is 3.78. The molecule has 1 saturated heterocycles. The zero-order valence-corrected chi connectivity index (χ0v) is 15.1. The lowest BCUT2D eigenvalue weighted by molar-refractivity contribution is -0.254. The molecule has 1 aliphatic heterocycles. The topological polar surface area (TPSA) is 86.5 Å². The Labute approximate surface area is 159 Å². The van der Waals surface area contributed by atoms with E-state index in [-0.39, 0.29) is 17.2 Å². The Hall–Kier alpha value is -3.32. The summed E-state index contributed by atoms with van der Waals surface area (Å²) in [7, 11) is 1.95. The van der Waals surface area contributed by atoms with E-state index in [4.69, 9.17) is 0 Å². The van der Waals surface area contributed by atoms with Crippen LogP contribution in [0.1, 0.15) is 15.9 Å². The van der Waals surface area contributed by atoms with Gasteiger partial charge in [-0.1, -0.05) is 36.4 Å². The van der Waals surface area contributed by atoms with Gasteiger partial charge in [0, 0.05) is 35.3 Å². The predicted molar refractivity (Wildman–Crippen MR) is 104 cm³/mol. The van der Waals surface area contributed by atoms with Gasteiger partial charge in [0.15, 0.2) is 5.17 Å². The molecule has 6 nitrogen and oxygen atoms in total. The van der Waals surface area contributed by atoms with Crippen molar-refractivity contribution in [3.05, 3.63) is 70.8 Å². The number of carboxylic acid groups (broad SMARTS) is 1. The fraction of sp³-hybridized carbons (Fsp3) is 0.0500. The standard InChI is InChI=1S/C20H15N3O3S/c1-23-11-12(13-6-3-5-9-16(13)23)10-17-18(24)22-20(27-17)21-15-8-4-2-7-14(15)19(25)26/h2-11H,1H3,(H,25,26)(H,21,22,24)/p-1/b17-10+. The smallest absolute Gasteiger partial charge is 0.264 e. The summed E-state index contributed by atoms with van der Waals surface area (Å²) in [6, 6.07) is 14.2. The fourth-order valence-electron chi connectivity index (χ4n) is 2.96. The second-order valence-electron chi connectivity index (χ2n) is 6.00. The van der Waals surface area contributed by atoms with Crippen LogP contribution < -0.4 is 10.4 Å². The maximum Gasteiger partial charge on any atom is 0.264 e. The number of rotatable bonds is 3. The van der Waals surface area contributed by atoms with Crippen molar-refractivity contribution >= 4 is 51.5 Å². The van der Waals surface area contributed by atoms with E-state index < -0.39 is 5.97 Å². The molecule has 2 aromatic carbocycles. The highest BCUT2D eigenvalue weighted by Crippen LogP contribution is 2.31. The highest BCUT2D eigenvalue weighted by molar-refractivity contribution is 8.18. The molecule has 0 spiro atoms. The highest BCUT2D eigenvalue weighted by Gasteiger charge is 2.24. The van der Waals surface area contributed by atoms with Crippen LogP contribution in [0.5, 0.6) is 0 Å². The molecule has 3 aromatic rings. The third-order valence-electron chi connectivity index (χ3n) is 4.21. The van der Waals surface area contributed by atoms with Gasteiger partial charge in [-0.2, -0.15) is 0 Å². The van der Waals surface area contributed by atoms with E-state index in [0.717, 1.165) is 16.5 Å². The molecule has 0 saturated carbocycles. The molecule has 1 amide bonds. The molecule has 7 heteroatoms. The van der Waals surface area contributed by atoms with Crippen molar-refractivity contribution in [1.29, 1.82) is 0 Å². The number of carboxylic acids is 1. The number of aromatic carboxylic acids is 1. The van der Waals surface area contributed by atoms with E-state index in [1.54, 1.807) is 18.2 Å². The first-order chi connectivity index (χ1) is 13.0. The van der Waals surface area contributed by atoms with Gasteiger partial charge in [-0.05, 0) is 30.0 Å². The van der Waals surface area contributed by atoms with E-state index >= 15 is 0 Å². The molecule has 0 atom stereocenters. The zero-order valence-electron chi connectivity index (χ0n) is 14.3. The molecule has 0 unspecified atom stereocenters. The molecule has 2 heterocycles. The number of benzene rings is 2. The second kappa shape index (κ2) is 6.77. The van der Waals surface area contributed by atoms with E-state index in [1.807, 2.05) is 48.2 Å². The summed E-state index contributed by atoms with van der Waals surface area (Å²) in [4.78, 5) is 28.3. The van der Waals surface area contributed by atoms with Crippen molar-refractivity contribution in [1.82, 2.24) is 9.88 Å². The summed E-state index contributed by atoms with van der Waals surface area (Å²) in [6.45, 7) is 0. The third-order valence-corrected chi connectivity index (χ3v) is 5.12. The molecule has 1 aliphatic rings. The van der Waals surface area contributed by atoms with Gasteiger partial charge >= 0.3 is 0 Å². The number of fused-ring (bicyclic) bond motifs is 1. The third kappa shape index (κ3) is 3.24. The number of aryl methyl sites for hydroxylation is 1. The number of hydrogen-bond acceptors (Lipinski definition) is 5. The minimum atomic E-state index is -1.31. The van der Waals surface area contributed by atoms with E-state index in [1.165, 1.54) is 17.8 Å². The molecule has 1 fully saturated rings. The van der Waals surface area contributed by atoms with Gasteiger partial charge in [0.1, 0.15) is 0 Å². The van der Waals surface area contributed by atoms with Gasteiger partial charge in [-0.15, -0.1) is 0 Å². The number of carbonyl (C=O) groups is 2. The van der Waals surface area contributed by atoms with Crippen LogP contribution in [-0.2, 0) is 11.8 Å². The lowest BCUT2D eigenvalue weighted by atomic mass is 10.1. The minimum absolute atomic E-state index is 0.0219. The van der Waals surface area contributed by atoms with Crippen molar-refractivity contribution in [2.75, 3.05) is 0 Å². The Balaban J connectivity index is 1.69. The Morgan fingerprint density at radius 2 is 1.93 bits per heavy atom. The number of amides is 1. The van der Waals surface area contributed by atoms with Crippen LogP contribution in [0, 0.1) is 0 Å². The van der Waals surface area contributed by atoms with Crippen molar-refractivity contribution in [2.24, 2.45) is 12.0 Å². The van der Waals surface area contributed by atoms with Crippen LogP contribution in [0.2, 0.25) is 0 Å². The monoisotopic (exact) mass is 376 g/mol. The molecule has 4 rings (SSSR count). The molecule has 0 radical (unpaired) electrons. The minimum Gasteiger partial charge on any atom is -0.545 e. The number of carbonyl (C=O) groups excluding carboxylic acids is 2. The number of para-hydroxylation sites is 2. The van der Waals surface area contributed by atoms with Gasteiger partial charge in [0.2, 0.25) is 0 Å². The van der Waals surface area contributed by atoms with Gasteiger partial charge in [-0.25, -0.2) is 4.99 Å². The molecular formula is C20H14N3O3S-. The van der Waals surface area contributed by atoms with Crippen molar-refractivity contribution in [3.63, 3.8) is 0 Å². The molecular weight excluding hydrogens is 362 g/mol. The largest absolute Gasteiger partial charge is 0.545 e. The van der Waals surface area contributed by atoms with E-state index in [9.17, 15) is 14.7 Å².